The Morgan fingerprint density at radius 2 is 2.28 bits per heavy atom. The van der Waals surface area contributed by atoms with E-state index in [2.05, 4.69) is 20.9 Å². The number of benzene rings is 1. The molecule has 1 aromatic carbocycles. The third-order valence-corrected chi connectivity index (χ3v) is 3.99. The van der Waals surface area contributed by atoms with Gasteiger partial charge in [-0.25, -0.2) is 4.98 Å². The predicted molar refractivity (Wildman–Crippen MR) is 76.7 cm³/mol. The highest BCUT2D eigenvalue weighted by Gasteiger charge is 2.06. The molecule has 0 spiro atoms. The number of hydrogen-bond acceptors (Lipinski definition) is 4. The maximum atomic E-state index is 5.70. The second-order valence-electron chi connectivity index (χ2n) is 3.45. The van der Waals surface area contributed by atoms with Crippen LogP contribution in [0.5, 0.6) is 11.5 Å². The monoisotopic (exact) mass is 347 g/mol. The van der Waals surface area contributed by atoms with Crippen molar-refractivity contribution in [3.05, 3.63) is 38.8 Å². The van der Waals surface area contributed by atoms with E-state index in [9.17, 15) is 0 Å². The smallest absolute Gasteiger partial charge is 0.140 e. The molecule has 18 heavy (non-hydrogen) atoms. The summed E-state index contributed by atoms with van der Waals surface area (Å²) in [5, 5.41) is 2.85. The number of nitrogens with zero attached hydrogens (tertiary/aromatic N) is 1. The molecular formula is C12H11BrClNO2S. The zero-order chi connectivity index (χ0) is 13.0. The fourth-order valence-electron chi connectivity index (χ4n) is 1.34. The molecule has 0 atom stereocenters. The van der Waals surface area contributed by atoms with Crippen LogP contribution >= 0.6 is 38.9 Å². The molecule has 0 bridgehead atoms. The maximum absolute atomic E-state index is 5.70. The zero-order valence-corrected chi connectivity index (χ0v) is 12.8. The maximum Gasteiger partial charge on any atom is 0.140 e. The van der Waals surface area contributed by atoms with Crippen LogP contribution in [0.2, 0.25) is 0 Å². The van der Waals surface area contributed by atoms with Crippen LogP contribution < -0.4 is 9.47 Å². The molecule has 1 aromatic heterocycles. The van der Waals surface area contributed by atoms with Crippen molar-refractivity contribution in [1.82, 2.24) is 4.98 Å². The van der Waals surface area contributed by atoms with Gasteiger partial charge in [-0.3, -0.25) is 0 Å². The van der Waals surface area contributed by atoms with Crippen LogP contribution in [0.4, 0.5) is 0 Å². The summed E-state index contributed by atoms with van der Waals surface area (Å²) in [5.41, 5.74) is 0.883. The minimum atomic E-state index is 0.433. The average Bonchev–Trinajstić information content (AvgIpc) is 2.85. The molecule has 0 N–H and O–H groups in total. The summed E-state index contributed by atoms with van der Waals surface area (Å²) >= 11 is 10.7. The molecule has 2 rings (SSSR count). The average molecular weight is 349 g/mol. The van der Waals surface area contributed by atoms with Gasteiger partial charge in [0.1, 0.15) is 23.1 Å². The van der Waals surface area contributed by atoms with E-state index in [0.717, 1.165) is 26.7 Å². The third-order valence-electron chi connectivity index (χ3n) is 2.23. The Morgan fingerprint density at radius 3 is 2.89 bits per heavy atom. The first-order valence-corrected chi connectivity index (χ1v) is 7.39. The Labute approximate surface area is 123 Å². The van der Waals surface area contributed by atoms with Crippen molar-refractivity contribution in [3.8, 4) is 11.5 Å². The van der Waals surface area contributed by atoms with Crippen LogP contribution in [0.25, 0.3) is 0 Å². The summed E-state index contributed by atoms with van der Waals surface area (Å²) in [5.74, 6) is 1.98. The van der Waals surface area contributed by atoms with E-state index < -0.39 is 0 Å². The lowest BCUT2D eigenvalue weighted by molar-refractivity contribution is 0.302. The van der Waals surface area contributed by atoms with E-state index in [1.807, 2.05) is 23.6 Å². The van der Waals surface area contributed by atoms with Crippen LogP contribution in [0.3, 0.4) is 0 Å². The van der Waals surface area contributed by atoms with Crippen molar-refractivity contribution < 1.29 is 9.47 Å². The topological polar surface area (TPSA) is 31.4 Å². The Kier molecular flexibility index (Phi) is 4.86. The molecule has 0 saturated heterocycles. The van der Waals surface area contributed by atoms with Gasteiger partial charge in [0, 0.05) is 5.38 Å². The normalized spacial score (nSPS) is 10.4. The molecule has 1 heterocycles. The lowest BCUT2D eigenvalue weighted by atomic mass is 10.3. The molecule has 3 nitrogen and oxygen atoms in total. The summed E-state index contributed by atoms with van der Waals surface area (Å²) < 4.78 is 11.7. The Bertz CT molecular complexity index is 533. The Balaban J connectivity index is 2.01. The van der Waals surface area contributed by atoms with Crippen molar-refractivity contribution in [2.24, 2.45) is 0 Å². The minimum absolute atomic E-state index is 0.433. The van der Waals surface area contributed by atoms with Gasteiger partial charge in [-0.05, 0) is 34.1 Å². The van der Waals surface area contributed by atoms with Gasteiger partial charge in [-0.2, -0.15) is 0 Å². The molecule has 6 heteroatoms. The SMILES string of the molecule is COc1ccc(OCc2nc(CCl)cs2)c(Br)c1. The molecule has 0 amide bonds. The van der Waals surface area contributed by atoms with Gasteiger partial charge in [-0.1, -0.05) is 0 Å². The first-order valence-electron chi connectivity index (χ1n) is 5.18. The van der Waals surface area contributed by atoms with Crippen molar-refractivity contribution in [2.75, 3.05) is 7.11 Å². The summed E-state index contributed by atoms with van der Waals surface area (Å²) in [6, 6.07) is 5.58. The van der Waals surface area contributed by atoms with Gasteiger partial charge in [0.25, 0.3) is 0 Å². The third kappa shape index (κ3) is 3.37. The molecule has 96 valence electrons. The molecule has 0 aliphatic heterocycles. The number of thiazole rings is 1. The van der Waals surface area contributed by atoms with Gasteiger partial charge in [-0.15, -0.1) is 22.9 Å². The Morgan fingerprint density at radius 1 is 1.44 bits per heavy atom. The van der Waals surface area contributed by atoms with Gasteiger partial charge in [0.05, 0.1) is 23.2 Å². The highest BCUT2D eigenvalue weighted by molar-refractivity contribution is 9.10. The first kappa shape index (κ1) is 13.6. The molecular weight excluding hydrogens is 338 g/mol. The highest BCUT2D eigenvalue weighted by atomic mass is 79.9. The van der Waals surface area contributed by atoms with Crippen LogP contribution in [0, 0.1) is 0 Å². The number of ether oxygens (including phenoxy) is 2. The number of halogens is 2. The minimum Gasteiger partial charge on any atom is -0.497 e. The fraction of sp³-hybridized carbons (Fsp3) is 0.250. The number of hydrogen-bond donors (Lipinski definition) is 0. The lowest BCUT2D eigenvalue weighted by Gasteiger charge is -2.07. The molecule has 0 aliphatic rings. The van der Waals surface area contributed by atoms with E-state index in [1.54, 1.807) is 18.4 Å². The van der Waals surface area contributed by atoms with Gasteiger partial charge in [0.15, 0.2) is 0 Å². The highest BCUT2D eigenvalue weighted by Crippen LogP contribution is 2.29. The van der Waals surface area contributed by atoms with Crippen LogP contribution in [0.15, 0.2) is 28.1 Å². The standard InChI is InChI=1S/C12H11BrClNO2S/c1-16-9-2-3-11(10(13)4-9)17-6-12-15-8(5-14)7-18-12/h2-4,7H,5-6H2,1H3. The molecule has 0 aliphatic carbocycles. The first-order chi connectivity index (χ1) is 8.72. The van der Waals surface area contributed by atoms with E-state index >= 15 is 0 Å². The van der Waals surface area contributed by atoms with E-state index in [4.69, 9.17) is 21.1 Å². The lowest BCUT2D eigenvalue weighted by Crippen LogP contribution is -1.96. The summed E-state index contributed by atoms with van der Waals surface area (Å²) in [6.45, 7) is 0.437. The van der Waals surface area contributed by atoms with Crippen molar-refractivity contribution >= 4 is 38.9 Å². The van der Waals surface area contributed by atoms with Gasteiger partial charge >= 0.3 is 0 Å². The molecule has 0 fully saturated rings. The zero-order valence-electron chi connectivity index (χ0n) is 9.65. The van der Waals surface area contributed by atoms with E-state index in [1.165, 1.54) is 0 Å². The largest absolute Gasteiger partial charge is 0.497 e. The van der Waals surface area contributed by atoms with E-state index in [-0.39, 0.29) is 0 Å². The van der Waals surface area contributed by atoms with Crippen LogP contribution in [-0.4, -0.2) is 12.1 Å². The van der Waals surface area contributed by atoms with E-state index in [0.29, 0.717) is 12.5 Å². The molecule has 0 saturated carbocycles. The number of alkyl halides is 1. The van der Waals surface area contributed by atoms with Crippen LogP contribution in [0.1, 0.15) is 10.7 Å². The van der Waals surface area contributed by atoms with Crippen molar-refractivity contribution in [1.29, 1.82) is 0 Å². The van der Waals surface area contributed by atoms with Crippen molar-refractivity contribution in [3.63, 3.8) is 0 Å². The van der Waals surface area contributed by atoms with Gasteiger partial charge < -0.3 is 9.47 Å². The molecule has 2 aromatic rings. The summed E-state index contributed by atoms with van der Waals surface area (Å²) in [7, 11) is 1.63. The number of methoxy groups -OCH3 is 1. The van der Waals surface area contributed by atoms with Gasteiger partial charge in [0.2, 0.25) is 0 Å². The summed E-state index contributed by atoms with van der Waals surface area (Å²) in [6.07, 6.45) is 0. The number of aromatic nitrogens is 1. The molecule has 0 unspecified atom stereocenters. The summed E-state index contributed by atoms with van der Waals surface area (Å²) in [4.78, 5) is 4.33. The predicted octanol–water partition coefficient (Wildman–Crippen LogP) is 4.23. The second-order valence-corrected chi connectivity index (χ2v) is 5.52. The van der Waals surface area contributed by atoms with Crippen LogP contribution in [-0.2, 0) is 12.5 Å². The fourth-order valence-corrected chi connectivity index (χ4v) is 2.75. The quantitative estimate of drug-likeness (QED) is 0.758. The molecule has 0 radical (unpaired) electrons. The second kappa shape index (κ2) is 6.41. The Hall–Kier alpha value is -0.780. The number of rotatable bonds is 5. The van der Waals surface area contributed by atoms with Crippen molar-refractivity contribution in [2.45, 2.75) is 12.5 Å².